The number of aromatic nitrogens is 1. The van der Waals surface area contributed by atoms with Crippen molar-refractivity contribution in [3.63, 3.8) is 0 Å². The van der Waals surface area contributed by atoms with Crippen LogP contribution in [0.15, 0.2) is 53.7 Å². The Hall–Kier alpha value is -0.730. The Kier molecular flexibility index (Phi) is 5.99. The monoisotopic (exact) mass is 402 g/mol. The summed E-state index contributed by atoms with van der Waals surface area (Å²) in [5.74, 6) is 0.391. The second kappa shape index (κ2) is 7.76. The second-order valence-corrected chi connectivity index (χ2v) is 7.13. The Morgan fingerprint density at radius 3 is 2.68 bits per heavy atom. The number of pyridine rings is 1. The molecule has 0 aliphatic rings. The molecular formula is C13H11IN2OS2. The normalized spacial score (nSPS) is 10.2. The quantitative estimate of drug-likeness (QED) is 0.605. The van der Waals surface area contributed by atoms with Crippen LogP contribution in [-0.2, 0) is 4.79 Å². The summed E-state index contributed by atoms with van der Waals surface area (Å²) in [6, 6.07) is 13.5. The van der Waals surface area contributed by atoms with Crippen molar-refractivity contribution in [2.45, 2.75) is 5.03 Å². The van der Waals surface area contributed by atoms with E-state index in [4.69, 9.17) is 0 Å². The van der Waals surface area contributed by atoms with Gasteiger partial charge in [-0.15, -0.1) is 0 Å². The molecule has 1 aromatic heterocycles. The van der Waals surface area contributed by atoms with E-state index in [0.29, 0.717) is 5.75 Å². The first-order chi connectivity index (χ1) is 9.24. The molecule has 2 rings (SSSR count). The van der Waals surface area contributed by atoms with E-state index in [2.05, 4.69) is 32.9 Å². The number of amides is 1. The average Bonchev–Trinajstić information content (AvgIpc) is 2.43. The third kappa shape index (κ3) is 5.42. The molecule has 0 spiro atoms. The van der Waals surface area contributed by atoms with E-state index in [1.165, 1.54) is 21.6 Å². The maximum absolute atomic E-state index is 11.7. The fraction of sp³-hybridized carbons (Fsp3) is 0.0769. The third-order valence-corrected chi connectivity index (χ3v) is 4.95. The minimum atomic E-state index is -0.00496. The zero-order valence-corrected chi connectivity index (χ0v) is 13.7. The van der Waals surface area contributed by atoms with Crippen LogP contribution in [0.3, 0.4) is 0 Å². The molecule has 0 radical (unpaired) electrons. The van der Waals surface area contributed by atoms with Gasteiger partial charge >= 0.3 is 0 Å². The number of benzene rings is 1. The molecule has 0 aliphatic heterocycles. The Labute approximate surface area is 133 Å². The zero-order chi connectivity index (χ0) is 13.5. The molecule has 19 heavy (non-hydrogen) atoms. The summed E-state index contributed by atoms with van der Waals surface area (Å²) in [5.41, 5.74) is 0.828. The summed E-state index contributed by atoms with van der Waals surface area (Å²) in [5, 5.41) is 3.77. The van der Waals surface area contributed by atoms with Crippen molar-refractivity contribution in [2.24, 2.45) is 0 Å². The van der Waals surface area contributed by atoms with Gasteiger partial charge in [-0.25, -0.2) is 4.98 Å². The number of carbonyl (C=O) groups excluding carboxylic acids is 1. The van der Waals surface area contributed by atoms with E-state index in [1.807, 2.05) is 42.5 Å². The molecule has 1 N–H and O–H groups in total. The highest BCUT2D eigenvalue weighted by atomic mass is 127. The van der Waals surface area contributed by atoms with Gasteiger partial charge in [-0.2, -0.15) is 0 Å². The van der Waals surface area contributed by atoms with Crippen LogP contribution in [0.25, 0.3) is 0 Å². The van der Waals surface area contributed by atoms with E-state index in [0.717, 1.165) is 14.3 Å². The summed E-state index contributed by atoms with van der Waals surface area (Å²) < 4.78 is 1.15. The highest BCUT2D eigenvalue weighted by Gasteiger charge is 2.04. The highest BCUT2D eigenvalue weighted by Crippen LogP contribution is 2.28. The SMILES string of the molecule is O=C(CSSc1ccccn1)Nc1ccc(I)cc1. The molecule has 0 unspecified atom stereocenters. The van der Waals surface area contributed by atoms with Crippen molar-refractivity contribution in [1.82, 2.24) is 4.98 Å². The number of hydrogen-bond acceptors (Lipinski definition) is 4. The Bertz CT molecular complexity index is 534. The largest absolute Gasteiger partial charge is 0.325 e. The van der Waals surface area contributed by atoms with Crippen molar-refractivity contribution in [3.05, 3.63) is 52.2 Å². The first kappa shape index (κ1) is 14.7. The smallest absolute Gasteiger partial charge is 0.235 e. The Balaban J connectivity index is 1.74. The van der Waals surface area contributed by atoms with Crippen LogP contribution in [0.5, 0.6) is 0 Å². The van der Waals surface area contributed by atoms with Gasteiger partial charge in [-0.1, -0.05) is 16.9 Å². The van der Waals surface area contributed by atoms with Gasteiger partial charge in [0.05, 0.1) is 5.75 Å². The molecule has 0 fully saturated rings. The highest BCUT2D eigenvalue weighted by molar-refractivity contribution is 14.1. The number of rotatable bonds is 5. The minimum Gasteiger partial charge on any atom is -0.325 e. The number of nitrogens with one attached hydrogen (secondary N) is 1. The van der Waals surface area contributed by atoms with Crippen LogP contribution < -0.4 is 5.32 Å². The molecule has 2 aromatic rings. The van der Waals surface area contributed by atoms with E-state index in [-0.39, 0.29) is 5.91 Å². The van der Waals surface area contributed by atoms with Crippen LogP contribution in [0, 0.1) is 3.57 Å². The number of hydrogen-bond donors (Lipinski definition) is 1. The first-order valence-corrected chi connectivity index (χ1v) is 8.90. The maximum atomic E-state index is 11.7. The van der Waals surface area contributed by atoms with Gasteiger partial charge < -0.3 is 5.32 Å². The molecule has 6 heteroatoms. The molecule has 0 aliphatic carbocycles. The second-order valence-electron chi connectivity index (χ2n) is 3.57. The van der Waals surface area contributed by atoms with Gasteiger partial charge in [0, 0.05) is 15.5 Å². The molecule has 1 amide bonds. The molecule has 98 valence electrons. The Morgan fingerprint density at radius 1 is 1.21 bits per heavy atom. The molecule has 0 atom stereocenters. The van der Waals surface area contributed by atoms with Gasteiger partial charge in [0.2, 0.25) is 5.91 Å². The van der Waals surface area contributed by atoms with Gasteiger partial charge in [-0.05, 0) is 69.8 Å². The van der Waals surface area contributed by atoms with Crippen molar-refractivity contribution in [1.29, 1.82) is 0 Å². The molecule has 0 saturated heterocycles. The number of nitrogens with zero attached hydrogens (tertiary/aromatic N) is 1. The maximum Gasteiger partial charge on any atom is 0.235 e. The lowest BCUT2D eigenvalue weighted by Gasteiger charge is -2.04. The topological polar surface area (TPSA) is 42.0 Å². The predicted octanol–water partition coefficient (Wildman–Crippen LogP) is 4.07. The van der Waals surface area contributed by atoms with Crippen LogP contribution in [0.2, 0.25) is 0 Å². The molecule has 3 nitrogen and oxygen atoms in total. The number of carbonyl (C=O) groups is 1. The fourth-order valence-corrected chi connectivity index (χ4v) is 3.38. The molecule has 1 heterocycles. The molecule has 0 saturated carbocycles. The van der Waals surface area contributed by atoms with Crippen LogP contribution in [0.4, 0.5) is 5.69 Å². The molecule has 1 aromatic carbocycles. The van der Waals surface area contributed by atoms with Crippen LogP contribution >= 0.6 is 44.2 Å². The van der Waals surface area contributed by atoms with E-state index in [9.17, 15) is 4.79 Å². The summed E-state index contributed by atoms with van der Waals surface area (Å²) in [4.78, 5) is 15.9. The Morgan fingerprint density at radius 2 is 2.00 bits per heavy atom. The van der Waals surface area contributed by atoms with Crippen molar-refractivity contribution >= 4 is 55.8 Å². The van der Waals surface area contributed by atoms with E-state index in [1.54, 1.807) is 6.20 Å². The van der Waals surface area contributed by atoms with Crippen molar-refractivity contribution in [3.8, 4) is 0 Å². The van der Waals surface area contributed by atoms with Crippen LogP contribution in [-0.4, -0.2) is 16.6 Å². The summed E-state index contributed by atoms with van der Waals surface area (Å²) >= 11 is 2.23. The average molecular weight is 402 g/mol. The first-order valence-electron chi connectivity index (χ1n) is 5.50. The molecule has 0 bridgehead atoms. The van der Waals surface area contributed by atoms with Gasteiger partial charge in [0.15, 0.2) is 0 Å². The van der Waals surface area contributed by atoms with E-state index >= 15 is 0 Å². The minimum absolute atomic E-state index is 0.00496. The lowest BCUT2D eigenvalue weighted by atomic mass is 10.3. The zero-order valence-electron chi connectivity index (χ0n) is 9.88. The van der Waals surface area contributed by atoms with Gasteiger partial charge in [0.25, 0.3) is 0 Å². The predicted molar refractivity (Wildman–Crippen MR) is 90.3 cm³/mol. The fourth-order valence-electron chi connectivity index (χ4n) is 1.27. The van der Waals surface area contributed by atoms with Crippen molar-refractivity contribution in [2.75, 3.05) is 11.1 Å². The van der Waals surface area contributed by atoms with Gasteiger partial charge in [0.1, 0.15) is 5.03 Å². The third-order valence-electron chi connectivity index (χ3n) is 2.10. The standard InChI is InChI=1S/C13H11IN2OS2/c14-10-4-6-11(7-5-10)16-12(17)9-18-19-13-3-1-2-8-15-13/h1-8H,9H2,(H,16,17). The van der Waals surface area contributed by atoms with E-state index < -0.39 is 0 Å². The lowest BCUT2D eigenvalue weighted by Crippen LogP contribution is -2.13. The molecular weight excluding hydrogens is 391 g/mol. The number of halogens is 1. The summed E-state index contributed by atoms with van der Waals surface area (Å²) in [7, 11) is 2.98. The lowest BCUT2D eigenvalue weighted by molar-refractivity contribution is -0.113. The number of anilines is 1. The van der Waals surface area contributed by atoms with Crippen molar-refractivity contribution < 1.29 is 4.79 Å². The van der Waals surface area contributed by atoms with Crippen LogP contribution in [0.1, 0.15) is 0 Å². The summed E-state index contributed by atoms with van der Waals surface area (Å²) in [6.07, 6.45) is 1.74. The summed E-state index contributed by atoms with van der Waals surface area (Å²) in [6.45, 7) is 0. The van der Waals surface area contributed by atoms with Gasteiger partial charge in [-0.3, -0.25) is 4.79 Å².